The van der Waals surface area contributed by atoms with Crippen LogP contribution in [0.4, 0.5) is 4.39 Å². The summed E-state index contributed by atoms with van der Waals surface area (Å²) in [7, 11) is 0. The molecular formula is C10H8BrFN4O2. The van der Waals surface area contributed by atoms with Crippen LogP contribution in [0.1, 0.15) is 6.42 Å². The molecule has 2 rings (SSSR count). The van der Waals surface area contributed by atoms with Gasteiger partial charge < -0.3 is 5.11 Å². The van der Waals surface area contributed by atoms with E-state index in [0.29, 0.717) is 15.9 Å². The first-order chi connectivity index (χ1) is 8.58. The number of carbonyl (C=O) groups is 1. The van der Waals surface area contributed by atoms with Crippen LogP contribution in [-0.4, -0.2) is 31.3 Å². The van der Waals surface area contributed by atoms with Crippen molar-refractivity contribution < 1.29 is 14.3 Å². The zero-order valence-corrected chi connectivity index (χ0v) is 10.6. The highest BCUT2D eigenvalue weighted by Gasteiger charge is 2.13. The van der Waals surface area contributed by atoms with Crippen molar-refractivity contribution in [2.75, 3.05) is 0 Å². The standard InChI is InChI=1S/C10H8BrFN4O2/c11-8-5-6(12)1-2-7(8)10-13-14-15-16(10)4-3-9(17)18/h1-2,5H,3-4H2,(H,17,18). The third-order valence-corrected chi connectivity index (χ3v) is 2.90. The Morgan fingerprint density at radius 3 is 2.94 bits per heavy atom. The monoisotopic (exact) mass is 314 g/mol. The van der Waals surface area contributed by atoms with Crippen molar-refractivity contribution in [3.05, 3.63) is 28.5 Å². The van der Waals surface area contributed by atoms with E-state index in [1.165, 1.54) is 22.9 Å². The molecule has 0 fully saturated rings. The van der Waals surface area contributed by atoms with Gasteiger partial charge >= 0.3 is 5.97 Å². The molecule has 0 spiro atoms. The van der Waals surface area contributed by atoms with Crippen LogP contribution in [0.25, 0.3) is 11.4 Å². The summed E-state index contributed by atoms with van der Waals surface area (Å²) in [5.74, 6) is -0.923. The number of nitrogens with zero attached hydrogens (tertiary/aromatic N) is 4. The Morgan fingerprint density at radius 1 is 1.50 bits per heavy atom. The first-order valence-corrected chi connectivity index (χ1v) is 5.80. The Labute approximate surface area is 110 Å². The average Bonchev–Trinajstić information content (AvgIpc) is 2.74. The fourth-order valence-electron chi connectivity index (χ4n) is 1.42. The molecule has 0 saturated carbocycles. The number of benzene rings is 1. The summed E-state index contributed by atoms with van der Waals surface area (Å²) in [6, 6.07) is 4.12. The minimum atomic E-state index is -0.936. The molecule has 1 aromatic heterocycles. The third kappa shape index (κ3) is 2.70. The van der Waals surface area contributed by atoms with Gasteiger partial charge in [-0.15, -0.1) is 5.10 Å². The first-order valence-electron chi connectivity index (χ1n) is 5.01. The summed E-state index contributed by atoms with van der Waals surface area (Å²) >= 11 is 3.22. The molecule has 2 aromatic rings. The molecule has 0 bridgehead atoms. The fraction of sp³-hybridized carbons (Fsp3) is 0.200. The number of aryl methyl sites for hydroxylation is 1. The molecule has 1 N–H and O–H groups in total. The molecule has 0 aliphatic heterocycles. The Morgan fingerprint density at radius 2 is 2.28 bits per heavy atom. The molecule has 0 aliphatic carbocycles. The molecule has 1 heterocycles. The molecule has 1 aromatic carbocycles. The smallest absolute Gasteiger partial charge is 0.305 e. The Hall–Kier alpha value is -1.83. The quantitative estimate of drug-likeness (QED) is 0.929. The van der Waals surface area contributed by atoms with Gasteiger partial charge in [0.2, 0.25) is 0 Å². The summed E-state index contributed by atoms with van der Waals surface area (Å²) < 4.78 is 14.9. The zero-order chi connectivity index (χ0) is 13.1. The van der Waals surface area contributed by atoms with Gasteiger partial charge in [-0.25, -0.2) is 9.07 Å². The van der Waals surface area contributed by atoms with E-state index in [4.69, 9.17) is 5.11 Å². The summed E-state index contributed by atoms with van der Waals surface area (Å²) in [6.07, 6.45) is -0.0865. The minimum Gasteiger partial charge on any atom is -0.481 e. The van der Waals surface area contributed by atoms with Crippen molar-refractivity contribution in [2.24, 2.45) is 0 Å². The van der Waals surface area contributed by atoms with Gasteiger partial charge in [-0.1, -0.05) is 0 Å². The highest BCUT2D eigenvalue weighted by Crippen LogP contribution is 2.26. The van der Waals surface area contributed by atoms with Gasteiger partial charge in [-0.05, 0) is 44.6 Å². The van der Waals surface area contributed by atoms with E-state index in [1.54, 1.807) is 0 Å². The normalized spacial score (nSPS) is 10.6. The van der Waals surface area contributed by atoms with Gasteiger partial charge in [0.15, 0.2) is 5.82 Å². The van der Waals surface area contributed by atoms with Crippen LogP contribution in [0.15, 0.2) is 22.7 Å². The van der Waals surface area contributed by atoms with Crippen molar-refractivity contribution in [1.29, 1.82) is 0 Å². The molecule has 6 nitrogen and oxygen atoms in total. The molecule has 8 heteroatoms. The number of rotatable bonds is 4. The van der Waals surface area contributed by atoms with Gasteiger partial charge in [0, 0.05) is 10.0 Å². The van der Waals surface area contributed by atoms with Gasteiger partial charge in [-0.3, -0.25) is 4.79 Å². The Bertz CT molecular complexity index is 587. The van der Waals surface area contributed by atoms with Crippen LogP contribution in [-0.2, 0) is 11.3 Å². The molecule has 0 radical (unpaired) electrons. The van der Waals surface area contributed by atoms with Crippen molar-refractivity contribution >= 4 is 21.9 Å². The van der Waals surface area contributed by atoms with Gasteiger partial charge in [0.25, 0.3) is 0 Å². The summed E-state index contributed by atoms with van der Waals surface area (Å²) in [6.45, 7) is 0.154. The van der Waals surface area contributed by atoms with Crippen molar-refractivity contribution in [3.8, 4) is 11.4 Å². The van der Waals surface area contributed by atoms with Crippen molar-refractivity contribution in [1.82, 2.24) is 20.2 Å². The molecule has 0 saturated heterocycles. The van der Waals surface area contributed by atoms with E-state index >= 15 is 0 Å². The maximum absolute atomic E-state index is 13.0. The highest BCUT2D eigenvalue weighted by molar-refractivity contribution is 9.10. The number of halogens is 2. The molecule has 18 heavy (non-hydrogen) atoms. The third-order valence-electron chi connectivity index (χ3n) is 2.24. The highest BCUT2D eigenvalue weighted by atomic mass is 79.9. The van der Waals surface area contributed by atoms with Crippen molar-refractivity contribution in [2.45, 2.75) is 13.0 Å². The number of hydrogen-bond acceptors (Lipinski definition) is 4. The van der Waals surface area contributed by atoms with Crippen LogP contribution in [0.5, 0.6) is 0 Å². The first kappa shape index (κ1) is 12.6. The SMILES string of the molecule is O=C(O)CCn1nnnc1-c1ccc(F)cc1Br. The van der Waals surface area contributed by atoms with Gasteiger partial charge in [0.05, 0.1) is 13.0 Å². The number of tetrazole rings is 1. The lowest BCUT2D eigenvalue weighted by atomic mass is 10.2. The number of aliphatic carboxylic acids is 1. The second-order valence-corrected chi connectivity index (χ2v) is 4.35. The second-order valence-electron chi connectivity index (χ2n) is 3.49. The van der Waals surface area contributed by atoms with E-state index in [-0.39, 0.29) is 18.8 Å². The lowest BCUT2D eigenvalue weighted by Crippen LogP contribution is -2.08. The molecule has 0 aliphatic rings. The summed E-state index contributed by atoms with van der Waals surface area (Å²) in [4.78, 5) is 10.5. The lowest BCUT2D eigenvalue weighted by Gasteiger charge is -2.05. The average molecular weight is 315 g/mol. The topological polar surface area (TPSA) is 80.9 Å². The maximum atomic E-state index is 13.0. The van der Waals surface area contributed by atoms with Crippen LogP contribution in [0.3, 0.4) is 0 Å². The largest absolute Gasteiger partial charge is 0.481 e. The predicted molar refractivity (Wildman–Crippen MR) is 63.2 cm³/mol. The Balaban J connectivity index is 2.33. The van der Waals surface area contributed by atoms with Crippen LogP contribution < -0.4 is 0 Å². The Kier molecular flexibility index (Phi) is 3.66. The minimum absolute atomic E-state index is 0.0865. The van der Waals surface area contributed by atoms with E-state index in [9.17, 15) is 9.18 Å². The van der Waals surface area contributed by atoms with E-state index in [2.05, 4.69) is 31.5 Å². The number of carboxylic acid groups (broad SMARTS) is 1. The van der Waals surface area contributed by atoms with Crippen LogP contribution >= 0.6 is 15.9 Å². The second kappa shape index (κ2) is 5.21. The lowest BCUT2D eigenvalue weighted by molar-refractivity contribution is -0.137. The van der Waals surface area contributed by atoms with Gasteiger partial charge in [-0.2, -0.15) is 0 Å². The van der Waals surface area contributed by atoms with Gasteiger partial charge in [0.1, 0.15) is 5.82 Å². The zero-order valence-electron chi connectivity index (χ0n) is 9.05. The van der Waals surface area contributed by atoms with E-state index in [1.807, 2.05) is 0 Å². The van der Waals surface area contributed by atoms with E-state index in [0.717, 1.165) is 0 Å². The molecule has 0 atom stereocenters. The van der Waals surface area contributed by atoms with Crippen LogP contribution in [0, 0.1) is 5.82 Å². The summed E-state index contributed by atoms with van der Waals surface area (Å²) in [5, 5.41) is 19.6. The predicted octanol–water partition coefficient (Wildman–Crippen LogP) is 1.72. The van der Waals surface area contributed by atoms with Crippen LogP contribution in [0.2, 0.25) is 0 Å². The fourth-order valence-corrected chi connectivity index (χ4v) is 1.95. The number of carboxylic acids is 1. The van der Waals surface area contributed by atoms with Crippen molar-refractivity contribution in [3.63, 3.8) is 0 Å². The summed E-state index contributed by atoms with van der Waals surface area (Å²) in [5.41, 5.74) is 0.604. The molecule has 0 unspecified atom stereocenters. The molecule has 94 valence electrons. The number of hydrogen-bond donors (Lipinski definition) is 1. The molecular weight excluding hydrogens is 307 g/mol. The number of aromatic nitrogens is 4. The maximum Gasteiger partial charge on any atom is 0.305 e. The molecule has 0 amide bonds. The van der Waals surface area contributed by atoms with E-state index < -0.39 is 5.97 Å².